The van der Waals surface area contributed by atoms with Crippen LogP contribution in [0, 0.1) is 0 Å². The number of rotatable bonds is 8. The summed E-state index contributed by atoms with van der Waals surface area (Å²) in [5.41, 5.74) is 0. The van der Waals surface area contributed by atoms with E-state index in [2.05, 4.69) is 24.5 Å². The second kappa shape index (κ2) is 8.70. The minimum Gasteiger partial charge on any atom is -0.352 e. The zero-order valence-corrected chi connectivity index (χ0v) is 11.5. The molecular formula is C11H24N2O2S. The molecule has 0 radical (unpaired) electrons. The van der Waals surface area contributed by atoms with E-state index in [-0.39, 0.29) is 18.0 Å². The Morgan fingerprint density at radius 1 is 1.31 bits per heavy atom. The van der Waals surface area contributed by atoms with Crippen LogP contribution < -0.4 is 10.6 Å². The summed E-state index contributed by atoms with van der Waals surface area (Å²) in [6, 6.07) is 0.0428. The first-order valence-electron chi connectivity index (χ1n) is 5.85. The SMILES string of the molecule is CCC(CC)NC(=O)C(C)NCCS(C)=O. The topological polar surface area (TPSA) is 58.2 Å². The molecule has 0 aromatic heterocycles. The van der Waals surface area contributed by atoms with Crippen LogP contribution in [0.4, 0.5) is 0 Å². The second-order valence-electron chi connectivity index (χ2n) is 3.98. The molecule has 0 aliphatic rings. The predicted molar refractivity (Wildman–Crippen MR) is 68.9 cm³/mol. The van der Waals surface area contributed by atoms with Crippen LogP contribution in [0.25, 0.3) is 0 Å². The minimum absolute atomic E-state index is 0.0237. The normalized spacial score (nSPS) is 14.8. The lowest BCUT2D eigenvalue weighted by Gasteiger charge is -2.19. The fraction of sp³-hybridized carbons (Fsp3) is 0.909. The summed E-state index contributed by atoms with van der Waals surface area (Å²) in [6.07, 6.45) is 3.57. The van der Waals surface area contributed by atoms with E-state index in [1.165, 1.54) is 0 Å². The number of hydrogen-bond acceptors (Lipinski definition) is 3. The lowest BCUT2D eigenvalue weighted by Crippen LogP contribution is -2.46. The molecule has 5 heteroatoms. The molecule has 4 nitrogen and oxygen atoms in total. The largest absolute Gasteiger partial charge is 0.352 e. The van der Waals surface area contributed by atoms with Crippen molar-refractivity contribution in [2.45, 2.75) is 45.7 Å². The van der Waals surface area contributed by atoms with Crippen LogP contribution in [0.5, 0.6) is 0 Å². The standard InChI is InChI=1S/C11H24N2O2S/c1-5-10(6-2)13-11(14)9(3)12-7-8-16(4)15/h9-10,12H,5-8H2,1-4H3,(H,13,14). The van der Waals surface area contributed by atoms with Crippen molar-refractivity contribution in [2.75, 3.05) is 18.6 Å². The van der Waals surface area contributed by atoms with Gasteiger partial charge in [-0.2, -0.15) is 0 Å². The molecule has 2 unspecified atom stereocenters. The molecule has 0 heterocycles. The molecule has 0 aromatic rings. The average Bonchev–Trinajstić information content (AvgIpc) is 2.24. The van der Waals surface area contributed by atoms with E-state index in [0.29, 0.717) is 12.3 Å². The van der Waals surface area contributed by atoms with E-state index < -0.39 is 10.8 Å². The number of hydrogen-bond donors (Lipinski definition) is 2. The van der Waals surface area contributed by atoms with E-state index in [4.69, 9.17) is 0 Å². The Morgan fingerprint density at radius 2 is 1.88 bits per heavy atom. The van der Waals surface area contributed by atoms with Crippen LogP contribution in [0.3, 0.4) is 0 Å². The molecule has 0 spiro atoms. The smallest absolute Gasteiger partial charge is 0.237 e. The van der Waals surface area contributed by atoms with E-state index in [0.717, 1.165) is 12.8 Å². The van der Waals surface area contributed by atoms with Gasteiger partial charge in [0.25, 0.3) is 0 Å². The van der Waals surface area contributed by atoms with Gasteiger partial charge in [-0.15, -0.1) is 0 Å². The van der Waals surface area contributed by atoms with Crippen LogP contribution >= 0.6 is 0 Å². The third-order valence-corrected chi connectivity index (χ3v) is 3.34. The van der Waals surface area contributed by atoms with Gasteiger partial charge >= 0.3 is 0 Å². The summed E-state index contributed by atoms with van der Waals surface area (Å²) >= 11 is 0. The summed E-state index contributed by atoms with van der Waals surface area (Å²) in [6.45, 7) is 6.57. The number of nitrogens with one attached hydrogen (secondary N) is 2. The molecule has 0 aliphatic heterocycles. The highest BCUT2D eigenvalue weighted by Crippen LogP contribution is 1.96. The van der Waals surface area contributed by atoms with Gasteiger partial charge in [-0.05, 0) is 19.8 Å². The van der Waals surface area contributed by atoms with Gasteiger partial charge in [0.15, 0.2) is 0 Å². The van der Waals surface area contributed by atoms with Gasteiger partial charge in [0.2, 0.25) is 5.91 Å². The molecule has 0 aliphatic carbocycles. The van der Waals surface area contributed by atoms with Gasteiger partial charge in [-0.3, -0.25) is 9.00 Å². The summed E-state index contributed by atoms with van der Waals surface area (Å²) in [4.78, 5) is 11.7. The Kier molecular flexibility index (Phi) is 8.47. The van der Waals surface area contributed by atoms with E-state index in [1.807, 2.05) is 6.92 Å². The van der Waals surface area contributed by atoms with Gasteiger partial charge in [0.1, 0.15) is 0 Å². The molecule has 1 amide bonds. The van der Waals surface area contributed by atoms with E-state index in [1.54, 1.807) is 6.26 Å². The first-order chi connectivity index (χ1) is 7.51. The van der Waals surface area contributed by atoms with Crippen molar-refractivity contribution in [3.05, 3.63) is 0 Å². The van der Waals surface area contributed by atoms with Crippen molar-refractivity contribution >= 4 is 16.7 Å². The second-order valence-corrected chi connectivity index (χ2v) is 5.53. The highest BCUT2D eigenvalue weighted by molar-refractivity contribution is 7.84. The minimum atomic E-state index is -0.803. The Morgan fingerprint density at radius 3 is 2.31 bits per heavy atom. The van der Waals surface area contributed by atoms with Crippen molar-refractivity contribution in [3.63, 3.8) is 0 Å². The molecule has 0 fully saturated rings. The first-order valence-corrected chi connectivity index (χ1v) is 7.57. The number of amides is 1. The maximum atomic E-state index is 11.7. The zero-order chi connectivity index (χ0) is 12.6. The van der Waals surface area contributed by atoms with Crippen LogP contribution in [-0.4, -0.2) is 40.8 Å². The molecule has 16 heavy (non-hydrogen) atoms. The maximum absolute atomic E-state index is 11.7. The van der Waals surface area contributed by atoms with Crippen molar-refractivity contribution < 1.29 is 9.00 Å². The fourth-order valence-corrected chi connectivity index (χ4v) is 1.74. The van der Waals surface area contributed by atoms with E-state index in [9.17, 15) is 9.00 Å². The monoisotopic (exact) mass is 248 g/mol. The maximum Gasteiger partial charge on any atom is 0.237 e. The van der Waals surface area contributed by atoms with Crippen molar-refractivity contribution in [3.8, 4) is 0 Å². The van der Waals surface area contributed by atoms with Crippen molar-refractivity contribution in [1.82, 2.24) is 10.6 Å². The lowest BCUT2D eigenvalue weighted by atomic mass is 10.1. The third-order valence-electron chi connectivity index (χ3n) is 2.57. The quantitative estimate of drug-likeness (QED) is 0.663. The van der Waals surface area contributed by atoms with Gasteiger partial charge in [0, 0.05) is 35.4 Å². The molecule has 96 valence electrons. The zero-order valence-electron chi connectivity index (χ0n) is 10.7. The number of carbonyl (C=O) groups is 1. The Labute approximate surface area is 101 Å². The van der Waals surface area contributed by atoms with Gasteiger partial charge in [-0.25, -0.2) is 0 Å². The van der Waals surface area contributed by atoms with E-state index >= 15 is 0 Å². The van der Waals surface area contributed by atoms with Crippen LogP contribution in [0.2, 0.25) is 0 Å². The van der Waals surface area contributed by atoms with Crippen LogP contribution in [0.1, 0.15) is 33.6 Å². The van der Waals surface area contributed by atoms with Gasteiger partial charge in [-0.1, -0.05) is 13.8 Å². The fourth-order valence-electron chi connectivity index (χ4n) is 1.33. The molecule has 0 saturated heterocycles. The predicted octanol–water partition coefficient (Wildman–Crippen LogP) is 0.648. The highest BCUT2D eigenvalue weighted by Gasteiger charge is 2.14. The van der Waals surface area contributed by atoms with Crippen LogP contribution in [0.15, 0.2) is 0 Å². The molecular weight excluding hydrogens is 224 g/mol. The van der Waals surface area contributed by atoms with Crippen LogP contribution in [-0.2, 0) is 15.6 Å². The summed E-state index contributed by atoms with van der Waals surface area (Å²) in [5, 5.41) is 6.04. The average molecular weight is 248 g/mol. The molecule has 0 saturated carbocycles. The molecule has 0 rings (SSSR count). The Hall–Kier alpha value is -0.420. The summed E-state index contributed by atoms with van der Waals surface area (Å²) in [7, 11) is -0.803. The van der Waals surface area contributed by atoms with Crippen molar-refractivity contribution in [1.29, 1.82) is 0 Å². The summed E-state index contributed by atoms with van der Waals surface area (Å²) in [5.74, 6) is 0.610. The Balaban J connectivity index is 3.84. The number of carbonyl (C=O) groups excluding carboxylic acids is 1. The van der Waals surface area contributed by atoms with Gasteiger partial charge < -0.3 is 10.6 Å². The first kappa shape index (κ1) is 15.6. The third kappa shape index (κ3) is 6.95. The Bertz CT molecular complexity index is 230. The summed E-state index contributed by atoms with van der Waals surface area (Å²) < 4.78 is 10.8. The molecule has 0 aromatic carbocycles. The lowest BCUT2D eigenvalue weighted by molar-refractivity contribution is -0.123. The highest BCUT2D eigenvalue weighted by atomic mass is 32.2. The molecule has 2 N–H and O–H groups in total. The molecule has 0 bridgehead atoms. The van der Waals surface area contributed by atoms with Gasteiger partial charge in [0.05, 0.1) is 6.04 Å². The molecule has 2 atom stereocenters. The van der Waals surface area contributed by atoms with Crippen molar-refractivity contribution in [2.24, 2.45) is 0 Å².